The molecule has 0 aromatic carbocycles. The van der Waals surface area contributed by atoms with Crippen molar-refractivity contribution in [2.45, 2.75) is 50.7 Å². The molecule has 9 heteroatoms. The summed E-state index contributed by atoms with van der Waals surface area (Å²) in [7, 11) is 0. The molecule has 5 heterocycles. The van der Waals surface area contributed by atoms with E-state index in [9.17, 15) is 4.79 Å². The fourth-order valence-electron chi connectivity index (χ4n) is 4.33. The Morgan fingerprint density at radius 1 is 1.25 bits per heavy atom. The Morgan fingerprint density at radius 3 is 2.75 bits per heavy atom. The van der Waals surface area contributed by atoms with E-state index in [1.165, 1.54) is 11.3 Å². The van der Waals surface area contributed by atoms with Gasteiger partial charge in [0.25, 0.3) is 0 Å². The summed E-state index contributed by atoms with van der Waals surface area (Å²) in [4.78, 5) is 23.9. The molecule has 2 aliphatic heterocycles. The lowest BCUT2D eigenvalue weighted by Crippen LogP contribution is -2.51. The van der Waals surface area contributed by atoms with Crippen molar-refractivity contribution < 1.29 is 4.79 Å². The van der Waals surface area contributed by atoms with Crippen molar-refractivity contribution >= 4 is 34.1 Å². The lowest BCUT2D eigenvalue weighted by molar-refractivity contribution is 0.150. The molecule has 3 aromatic heterocycles. The third kappa shape index (κ3) is 3.10. The number of hydrogen-bond donors (Lipinski definition) is 2. The molecule has 1 unspecified atom stereocenters. The third-order valence-electron chi connectivity index (χ3n) is 5.56. The van der Waals surface area contributed by atoms with Crippen LogP contribution in [0.4, 0.5) is 10.6 Å². The lowest BCUT2D eigenvalue weighted by Gasteiger charge is -2.37. The molecule has 28 heavy (non-hydrogen) atoms. The number of nitrogens with zero attached hydrogens (tertiary/aromatic N) is 5. The first-order chi connectivity index (χ1) is 13.6. The Labute approximate surface area is 166 Å². The van der Waals surface area contributed by atoms with Crippen molar-refractivity contribution in [3.8, 4) is 10.7 Å². The molecule has 5 rings (SSSR count). The molecule has 3 N–H and O–H groups in total. The molecule has 3 atom stereocenters. The van der Waals surface area contributed by atoms with Gasteiger partial charge < -0.3 is 10.6 Å². The highest BCUT2D eigenvalue weighted by atomic mass is 32.1. The minimum Gasteiger partial charge on any atom is -0.328 e. The van der Waals surface area contributed by atoms with Crippen molar-refractivity contribution in [1.29, 1.82) is 0 Å². The number of aromatic nitrogens is 4. The minimum absolute atomic E-state index is 0.0952. The number of aryl methyl sites for hydroxylation is 1. The van der Waals surface area contributed by atoms with E-state index in [2.05, 4.69) is 25.5 Å². The normalized spacial score (nSPS) is 23.9. The molecule has 0 radical (unpaired) electrons. The van der Waals surface area contributed by atoms with Crippen molar-refractivity contribution in [2.24, 2.45) is 5.73 Å². The van der Waals surface area contributed by atoms with Crippen LogP contribution in [0.15, 0.2) is 24.4 Å². The van der Waals surface area contributed by atoms with Crippen LogP contribution >= 0.6 is 11.3 Å². The summed E-state index contributed by atoms with van der Waals surface area (Å²) < 4.78 is 0. The van der Waals surface area contributed by atoms with Gasteiger partial charge in [-0.15, -0.1) is 10.2 Å². The number of urea groups is 1. The second-order valence-electron chi connectivity index (χ2n) is 7.54. The molecule has 2 fully saturated rings. The highest BCUT2D eigenvalue weighted by Gasteiger charge is 2.42. The average molecular weight is 395 g/mol. The van der Waals surface area contributed by atoms with Crippen LogP contribution in [0.2, 0.25) is 0 Å². The summed E-state index contributed by atoms with van der Waals surface area (Å²) in [5.41, 5.74) is 7.64. The van der Waals surface area contributed by atoms with Crippen LogP contribution in [0.25, 0.3) is 21.6 Å². The number of amides is 2. The second-order valence-corrected chi connectivity index (χ2v) is 8.72. The lowest BCUT2D eigenvalue weighted by atomic mass is 9.99. The van der Waals surface area contributed by atoms with Gasteiger partial charge in [-0.3, -0.25) is 5.32 Å². The highest BCUT2D eigenvalue weighted by Crippen LogP contribution is 2.35. The van der Waals surface area contributed by atoms with E-state index in [4.69, 9.17) is 5.73 Å². The van der Waals surface area contributed by atoms with E-state index in [0.29, 0.717) is 5.82 Å². The van der Waals surface area contributed by atoms with Gasteiger partial charge in [0.1, 0.15) is 16.5 Å². The Kier molecular flexibility index (Phi) is 4.21. The number of nitrogens with two attached hydrogens (primary N) is 1. The van der Waals surface area contributed by atoms with Crippen LogP contribution in [0.1, 0.15) is 30.7 Å². The van der Waals surface area contributed by atoms with Gasteiger partial charge in [0.2, 0.25) is 0 Å². The molecule has 0 spiro atoms. The van der Waals surface area contributed by atoms with E-state index >= 15 is 0 Å². The summed E-state index contributed by atoms with van der Waals surface area (Å²) in [6.45, 7) is 1.92. The van der Waals surface area contributed by atoms with E-state index < -0.39 is 0 Å². The third-order valence-corrected chi connectivity index (χ3v) is 6.42. The van der Waals surface area contributed by atoms with Gasteiger partial charge in [0.05, 0.1) is 5.52 Å². The minimum atomic E-state index is -0.0952. The van der Waals surface area contributed by atoms with Crippen LogP contribution in [-0.2, 0) is 0 Å². The van der Waals surface area contributed by atoms with Crippen LogP contribution in [0.5, 0.6) is 0 Å². The second kappa shape index (κ2) is 6.75. The van der Waals surface area contributed by atoms with Gasteiger partial charge in [0, 0.05) is 35.8 Å². The van der Waals surface area contributed by atoms with Crippen molar-refractivity contribution in [2.75, 3.05) is 5.32 Å². The molecule has 2 aliphatic rings. The number of pyridine rings is 2. The van der Waals surface area contributed by atoms with Gasteiger partial charge in [0.15, 0.2) is 5.01 Å². The maximum absolute atomic E-state index is 12.9. The average Bonchev–Trinajstić information content (AvgIpc) is 3.22. The van der Waals surface area contributed by atoms with E-state index in [1.807, 2.05) is 30.0 Å². The van der Waals surface area contributed by atoms with Gasteiger partial charge in [-0.25, -0.2) is 14.8 Å². The molecule has 2 bridgehead atoms. The molecule has 8 nitrogen and oxygen atoms in total. The van der Waals surface area contributed by atoms with Gasteiger partial charge in [-0.05, 0) is 44.7 Å². The number of rotatable bonds is 2. The van der Waals surface area contributed by atoms with E-state index in [-0.39, 0.29) is 24.2 Å². The monoisotopic (exact) mass is 395 g/mol. The predicted octanol–water partition coefficient (Wildman–Crippen LogP) is 2.94. The fourth-order valence-corrected chi connectivity index (χ4v) is 4.99. The summed E-state index contributed by atoms with van der Waals surface area (Å²) in [6, 6.07) is 6.26. The first-order valence-corrected chi connectivity index (χ1v) is 10.3. The van der Waals surface area contributed by atoms with Crippen LogP contribution < -0.4 is 11.1 Å². The predicted molar refractivity (Wildman–Crippen MR) is 108 cm³/mol. The Balaban J connectivity index is 1.39. The number of piperidine rings is 1. The molecule has 3 aromatic rings. The smallest absolute Gasteiger partial charge is 0.323 e. The van der Waals surface area contributed by atoms with E-state index in [0.717, 1.165) is 52.3 Å². The van der Waals surface area contributed by atoms with Gasteiger partial charge in [-0.1, -0.05) is 11.3 Å². The number of carbonyl (C=O) groups is 1. The zero-order valence-corrected chi connectivity index (χ0v) is 16.3. The fraction of sp³-hybridized carbons (Fsp3) is 0.421. The number of hydrogen-bond acceptors (Lipinski definition) is 7. The molecular weight excluding hydrogens is 374 g/mol. The molecule has 0 saturated carbocycles. The van der Waals surface area contributed by atoms with Crippen molar-refractivity contribution in [3.63, 3.8) is 0 Å². The number of fused-ring (bicyclic) bond motifs is 3. The summed E-state index contributed by atoms with van der Waals surface area (Å²) in [5.74, 6) is 0.505. The first-order valence-electron chi connectivity index (χ1n) is 9.49. The Hall–Kier alpha value is -2.65. The van der Waals surface area contributed by atoms with Gasteiger partial charge >= 0.3 is 6.03 Å². The van der Waals surface area contributed by atoms with Crippen molar-refractivity contribution in [1.82, 2.24) is 25.1 Å². The van der Waals surface area contributed by atoms with Crippen molar-refractivity contribution in [3.05, 3.63) is 29.4 Å². The van der Waals surface area contributed by atoms with Crippen LogP contribution in [-0.4, -0.2) is 49.2 Å². The standard InChI is InChI=1S/C19H21N7OS/c1-10-24-25-18(28-10)15-5-2-11-9-21-17(8-16(11)22-15)23-19(27)26-13-3-4-14(26)7-12(20)6-13/h2,5,8-9,12-14H,3-4,6-7,20H2,1H3,(H,21,23,27)/t12-,13+,14?/m1/s1. The largest absolute Gasteiger partial charge is 0.328 e. The zero-order chi connectivity index (χ0) is 19.3. The summed E-state index contributed by atoms with van der Waals surface area (Å²) in [6.07, 6.45) is 5.54. The molecule has 2 amide bonds. The highest BCUT2D eigenvalue weighted by molar-refractivity contribution is 7.14. The Bertz CT molecular complexity index is 1040. The first kappa shape index (κ1) is 17.4. The molecule has 144 valence electrons. The van der Waals surface area contributed by atoms with E-state index in [1.54, 1.807) is 6.20 Å². The van der Waals surface area contributed by atoms with Crippen LogP contribution in [0, 0.1) is 6.92 Å². The number of carbonyl (C=O) groups excluding carboxylic acids is 1. The van der Waals surface area contributed by atoms with Crippen LogP contribution in [0.3, 0.4) is 0 Å². The number of anilines is 1. The molecule has 0 aliphatic carbocycles. The summed E-state index contributed by atoms with van der Waals surface area (Å²) >= 11 is 1.50. The zero-order valence-electron chi connectivity index (χ0n) is 15.5. The summed E-state index contributed by atoms with van der Waals surface area (Å²) in [5, 5.41) is 13.8. The maximum Gasteiger partial charge on any atom is 0.323 e. The topological polar surface area (TPSA) is 110 Å². The SMILES string of the molecule is Cc1nnc(-c2ccc3cnc(NC(=O)N4C5CC[C@H]4C[C@@H](N)C5)cc3n2)s1. The van der Waals surface area contributed by atoms with Gasteiger partial charge in [-0.2, -0.15) is 0 Å². The number of nitrogens with one attached hydrogen (secondary N) is 1. The molecular formula is C19H21N7OS. The molecule has 2 saturated heterocycles. The Morgan fingerprint density at radius 2 is 2.04 bits per heavy atom. The maximum atomic E-state index is 12.9. The quantitative estimate of drug-likeness (QED) is 0.690.